The van der Waals surface area contributed by atoms with Gasteiger partial charge >= 0.3 is 0 Å². The van der Waals surface area contributed by atoms with Crippen molar-refractivity contribution in [3.8, 4) is 0 Å². The molecule has 6 heteroatoms. The van der Waals surface area contributed by atoms with Crippen molar-refractivity contribution in [2.24, 2.45) is 0 Å². The highest BCUT2D eigenvalue weighted by atomic mass is 32.2. The Balaban J connectivity index is 2.30. The number of carbonyl (C=O) groups excluding carboxylic acids is 3. The third-order valence-corrected chi connectivity index (χ3v) is 3.52. The van der Waals surface area contributed by atoms with Gasteiger partial charge in [-0.15, -0.1) is 0 Å². The van der Waals surface area contributed by atoms with Crippen LogP contribution in [0.2, 0.25) is 0 Å². The van der Waals surface area contributed by atoms with Crippen LogP contribution >= 0.6 is 11.8 Å². The van der Waals surface area contributed by atoms with E-state index < -0.39 is 6.17 Å². The fraction of sp³-hybridized carbons (Fsp3) is 0.364. The largest absolute Gasteiger partial charge is 0.333 e. The fourth-order valence-corrected chi connectivity index (χ4v) is 2.81. The number of fused-ring (bicyclic) bond motifs is 1. The predicted octanol–water partition coefficient (Wildman–Crippen LogP) is 0.694. The number of hydrogen-bond acceptors (Lipinski definition) is 5. The maximum absolute atomic E-state index is 11.5. The molecular weight excluding hydrogens is 240 g/mol. The van der Waals surface area contributed by atoms with E-state index in [1.807, 2.05) is 6.08 Å². The number of nitrogens with zero attached hydrogens (tertiary/aromatic N) is 2. The van der Waals surface area contributed by atoms with Crippen LogP contribution in [0.5, 0.6) is 0 Å². The van der Waals surface area contributed by atoms with E-state index >= 15 is 0 Å². The summed E-state index contributed by atoms with van der Waals surface area (Å²) < 4.78 is 0. The van der Waals surface area contributed by atoms with Gasteiger partial charge in [0.05, 0.1) is 11.6 Å². The van der Waals surface area contributed by atoms with Gasteiger partial charge in [-0.25, -0.2) is 0 Å². The Morgan fingerprint density at radius 2 is 2.06 bits per heavy atom. The Morgan fingerprint density at radius 1 is 1.41 bits per heavy atom. The molecule has 2 amide bonds. The van der Waals surface area contributed by atoms with Crippen LogP contribution in [0.25, 0.3) is 0 Å². The number of allylic oxidation sites excluding steroid dienone is 2. The number of thioether (sulfide) groups is 1. The molecule has 1 fully saturated rings. The van der Waals surface area contributed by atoms with Crippen molar-refractivity contribution in [3.05, 3.63) is 23.3 Å². The lowest BCUT2D eigenvalue weighted by Crippen LogP contribution is -2.50. The van der Waals surface area contributed by atoms with Crippen molar-refractivity contribution >= 4 is 28.7 Å². The van der Waals surface area contributed by atoms with E-state index in [1.165, 1.54) is 13.8 Å². The molecule has 2 aliphatic rings. The Morgan fingerprint density at radius 3 is 2.65 bits per heavy atom. The molecule has 1 saturated heterocycles. The highest BCUT2D eigenvalue weighted by Crippen LogP contribution is 2.34. The van der Waals surface area contributed by atoms with E-state index in [-0.39, 0.29) is 23.5 Å². The van der Waals surface area contributed by atoms with Crippen molar-refractivity contribution in [2.45, 2.75) is 20.0 Å². The lowest BCUT2D eigenvalue weighted by Gasteiger charge is -2.35. The van der Waals surface area contributed by atoms with Gasteiger partial charge in [0.25, 0.3) is 0 Å². The first-order chi connectivity index (χ1) is 8.00. The van der Waals surface area contributed by atoms with Crippen molar-refractivity contribution in [3.63, 3.8) is 0 Å². The Hall–Kier alpha value is -1.56. The van der Waals surface area contributed by atoms with Gasteiger partial charge in [0.15, 0.2) is 0 Å². The second-order valence-corrected chi connectivity index (χ2v) is 4.89. The van der Waals surface area contributed by atoms with Crippen molar-refractivity contribution in [2.75, 3.05) is 6.54 Å². The molecule has 0 aromatic carbocycles. The first-order valence-corrected chi connectivity index (χ1v) is 5.98. The topological polar surface area (TPSA) is 57.7 Å². The summed E-state index contributed by atoms with van der Waals surface area (Å²) in [6.45, 7) is 2.92. The molecule has 0 saturated carbocycles. The molecule has 2 aliphatic heterocycles. The molecule has 0 aromatic heterocycles. The van der Waals surface area contributed by atoms with Crippen LogP contribution in [0.4, 0.5) is 0 Å². The molecule has 0 N–H and O–H groups in total. The first-order valence-electron chi connectivity index (χ1n) is 5.17. The smallest absolute Gasteiger partial charge is 0.228 e. The highest BCUT2D eigenvalue weighted by molar-refractivity contribution is 8.17. The van der Waals surface area contributed by atoms with E-state index in [1.54, 1.807) is 17.1 Å². The van der Waals surface area contributed by atoms with Gasteiger partial charge in [-0.3, -0.25) is 19.3 Å². The molecule has 90 valence electrons. The van der Waals surface area contributed by atoms with Gasteiger partial charge in [0.2, 0.25) is 16.9 Å². The van der Waals surface area contributed by atoms with Crippen LogP contribution in [-0.4, -0.2) is 39.4 Å². The van der Waals surface area contributed by atoms with E-state index in [0.717, 1.165) is 21.7 Å². The highest BCUT2D eigenvalue weighted by Gasteiger charge is 2.36. The zero-order valence-corrected chi connectivity index (χ0v) is 10.4. The Kier molecular flexibility index (Phi) is 3.06. The van der Waals surface area contributed by atoms with E-state index in [9.17, 15) is 14.4 Å². The number of carbonyl (C=O) groups is 3. The number of rotatable bonds is 1. The summed E-state index contributed by atoms with van der Waals surface area (Å²) in [7, 11) is 0. The lowest BCUT2D eigenvalue weighted by molar-refractivity contribution is -0.147. The summed E-state index contributed by atoms with van der Waals surface area (Å²) in [6, 6.07) is 0. The molecule has 0 bridgehead atoms. The molecule has 17 heavy (non-hydrogen) atoms. The van der Waals surface area contributed by atoms with Gasteiger partial charge in [0.1, 0.15) is 6.17 Å². The standard InChI is InChI=1S/C11H12N2O3S/c1-7(14)13(8(2)15)9-4-3-5-10-12(9)6-11(16)17-10/h3-5,9H,6H2,1-2H3. The van der Waals surface area contributed by atoms with Crippen LogP contribution in [0.1, 0.15) is 13.8 Å². The normalized spacial score (nSPS) is 22.2. The quantitative estimate of drug-likeness (QED) is 0.687. The van der Waals surface area contributed by atoms with Gasteiger partial charge in [-0.05, 0) is 23.9 Å². The second-order valence-electron chi connectivity index (χ2n) is 3.81. The van der Waals surface area contributed by atoms with E-state index in [4.69, 9.17) is 0 Å². The third-order valence-electron chi connectivity index (χ3n) is 2.59. The first kappa shape index (κ1) is 11.9. The summed E-state index contributed by atoms with van der Waals surface area (Å²) >= 11 is 1.14. The molecule has 5 nitrogen and oxygen atoms in total. The van der Waals surface area contributed by atoms with Crippen LogP contribution in [0.15, 0.2) is 23.3 Å². The molecule has 0 aromatic rings. The van der Waals surface area contributed by atoms with Crippen LogP contribution in [0, 0.1) is 0 Å². The molecule has 1 unspecified atom stereocenters. The van der Waals surface area contributed by atoms with Crippen molar-refractivity contribution in [1.29, 1.82) is 0 Å². The lowest BCUT2D eigenvalue weighted by atomic mass is 10.2. The average Bonchev–Trinajstić information content (AvgIpc) is 2.58. The molecule has 0 spiro atoms. The number of imide groups is 1. The van der Waals surface area contributed by atoms with Crippen LogP contribution in [-0.2, 0) is 14.4 Å². The number of hydrogen-bond donors (Lipinski definition) is 0. The number of amides is 2. The molecule has 1 atom stereocenters. The molecule has 2 heterocycles. The second kappa shape index (κ2) is 4.37. The van der Waals surface area contributed by atoms with Crippen molar-refractivity contribution < 1.29 is 14.4 Å². The maximum atomic E-state index is 11.5. The maximum Gasteiger partial charge on any atom is 0.228 e. The zero-order valence-electron chi connectivity index (χ0n) is 9.54. The summed E-state index contributed by atoms with van der Waals surface area (Å²) in [5, 5.41) is 0.812. The molecular formula is C11H12N2O3S. The average molecular weight is 252 g/mol. The monoisotopic (exact) mass is 252 g/mol. The van der Waals surface area contributed by atoms with Gasteiger partial charge in [-0.1, -0.05) is 6.08 Å². The Labute approximate surface area is 103 Å². The van der Waals surface area contributed by atoms with Gasteiger partial charge in [0, 0.05) is 13.8 Å². The predicted molar refractivity (Wildman–Crippen MR) is 63.5 cm³/mol. The molecule has 2 rings (SSSR count). The van der Waals surface area contributed by atoms with Gasteiger partial charge in [-0.2, -0.15) is 0 Å². The van der Waals surface area contributed by atoms with Crippen LogP contribution in [0.3, 0.4) is 0 Å². The van der Waals surface area contributed by atoms with Crippen LogP contribution < -0.4 is 0 Å². The SMILES string of the molecule is CC(=O)N(C(C)=O)C1C=CC=C2SC(=O)CN21. The zero-order chi connectivity index (χ0) is 12.6. The minimum atomic E-state index is -0.482. The Bertz CT molecular complexity index is 442. The minimum absolute atomic E-state index is 0.0250. The summed E-state index contributed by atoms with van der Waals surface area (Å²) in [6.07, 6.45) is 4.83. The summed E-state index contributed by atoms with van der Waals surface area (Å²) in [5.41, 5.74) is 0. The minimum Gasteiger partial charge on any atom is -0.333 e. The van der Waals surface area contributed by atoms with E-state index in [0.29, 0.717) is 0 Å². The molecule has 0 aliphatic carbocycles. The van der Waals surface area contributed by atoms with Crippen molar-refractivity contribution in [1.82, 2.24) is 9.80 Å². The van der Waals surface area contributed by atoms with Gasteiger partial charge < -0.3 is 4.90 Å². The molecule has 0 radical (unpaired) electrons. The summed E-state index contributed by atoms with van der Waals surface area (Å²) in [5.74, 6) is -0.643. The summed E-state index contributed by atoms with van der Waals surface area (Å²) in [4.78, 5) is 37.3. The van der Waals surface area contributed by atoms with E-state index in [2.05, 4.69) is 0 Å². The third kappa shape index (κ3) is 2.12. The fourth-order valence-electron chi connectivity index (χ4n) is 1.94.